The molecule has 3 heteroatoms. The smallest absolute Gasteiger partial charge is 0.171 e. The molecule has 1 saturated heterocycles. The molecule has 1 atom stereocenters. The van der Waals surface area contributed by atoms with Gasteiger partial charge in [0.05, 0.1) is 5.92 Å². The van der Waals surface area contributed by atoms with Crippen LogP contribution in [0.2, 0.25) is 5.02 Å². The van der Waals surface area contributed by atoms with E-state index in [1.807, 2.05) is 30.3 Å². The Morgan fingerprint density at radius 1 is 0.957 bits per heavy atom. The Balaban J connectivity index is 1.84. The predicted octanol–water partition coefficient (Wildman–Crippen LogP) is 4.79. The van der Waals surface area contributed by atoms with Crippen LogP contribution in [-0.4, -0.2) is 30.3 Å². The number of ketones is 1. The Morgan fingerprint density at radius 2 is 1.61 bits per heavy atom. The van der Waals surface area contributed by atoms with Crippen molar-refractivity contribution in [1.82, 2.24) is 4.90 Å². The normalized spacial score (nSPS) is 16.9. The van der Waals surface area contributed by atoms with Gasteiger partial charge in [0, 0.05) is 17.1 Å². The van der Waals surface area contributed by atoms with Crippen LogP contribution in [0, 0.1) is 0 Å². The summed E-state index contributed by atoms with van der Waals surface area (Å²) in [6.07, 6.45) is 3.77. The molecule has 0 saturated carbocycles. The molecule has 0 N–H and O–H groups in total. The highest BCUT2D eigenvalue weighted by molar-refractivity contribution is 6.30. The van der Waals surface area contributed by atoms with Gasteiger partial charge in [0.2, 0.25) is 0 Å². The Hall–Kier alpha value is -1.64. The number of hydrogen-bond acceptors (Lipinski definition) is 2. The summed E-state index contributed by atoms with van der Waals surface area (Å²) < 4.78 is 0. The van der Waals surface area contributed by atoms with Gasteiger partial charge in [-0.2, -0.15) is 0 Å². The molecule has 0 spiro atoms. The van der Waals surface area contributed by atoms with Crippen molar-refractivity contribution < 1.29 is 4.79 Å². The molecule has 1 aliphatic rings. The summed E-state index contributed by atoms with van der Waals surface area (Å²) in [6.45, 7) is 2.99. The van der Waals surface area contributed by atoms with Crippen molar-refractivity contribution in [2.75, 3.05) is 19.6 Å². The number of likely N-dealkylation sites (tertiary alicyclic amines) is 1. The summed E-state index contributed by atoms with van der Waals surface area (Å²) in [7, 11) is 0. The maximum atomic E-state index is 13.1. The zero-order chi connectivity index (χ0) is 16.1. The van der Waals surface area contributed by atoms with Crippen LogP contribution in [0.4, 0.5) is 0 Å². The largest absolute Gasteiger partial charge is 0.302 e. The second kappa shape index (κ2) is 7.76. The van der Waals surface area contributed by atoms with Crippen LogP contribution < -0.4 is 0 Å². The average Bonchev–Trinajstić information content (AvgIpc) is 2.61. The molecular formula is C20H22ClNO. The number of piperidine rings is 1. The van der Waals surface area contributed by atoms with Crippen molar-refractivity contribution in [3.05, 3.63) is 70.7 Å². The maximum absolute atomic E-state index is 13.1. The lowest BCUT2D eigenvalue weighted by atomic mass is 9.89. The first-order valence-electron chi connectivity index (χ1n) is 8.31. The van der Waals surface area contributed by atoms with Crippen LogP contribution in [0.1, 0.15) is 41.1 Å². The third-order valence-electron chi connectivity index (χ3n) is 4.54. The number of carbonyl (C=O) groups is 1. The van der Waals surface area contributed by atoms with Gasteiger partial charge in [0.25, 0.3) is 0 Å². The average molecular weight is 328 g/mol. The Bertz CT molecular complexity index is 632. The Labute approximate surface area is 143 Å². The zero-order valence-electron chi connectivity index (χ0n) is 13.2. The summed E-state index contributed by atoms with van der Waals surface area (Å²) >= 11 is 5.95. The first kappa shape index (κ1) is 16.2. The van der Waals surface area contributed by atoms with Crippen LogP contribution >= 0.6 is 11.6 Å². The number of carbonyl (C=O) groups excluding carboxylic acids is 1. The highest BCUT2D eigenvalue weighted by Gasteiger charge is 2.25. The molecule has 2 aromatic carbocycles. The number of halogens is 1. The van der Waals surface area contributed by atoms with Crippen LogP contribution in [0.25, 0.3) is 0 Å². The molecule has 23 heavy (non-hydrogen) atoms. The van der Waals surface area contributed by atoms with Gasteiger partial charge in [0.1, 0.15) is 0 Å². The van der Waals surface area contributed by atoms with E-state index in [4.69, 9.17) is 11.6 Å². The number of Topliss-reactive ketones (excluding diaryl/α,β-unsaturated/α-hetero) is 1. The summed E-state index contributed by atoms with van der Waals surface area (Å²) in [4.78, 5) is 15.5. The molecule has 3 rings (SSSR count). The van der Waals surface area contributed by atoms with Gasteiger partial charge in [-0.15, -0.1) is 0 Å². The van der Waals surface area contributed by atoms with E-state index < -0.39 is 0 Å². The van der Waals surface area contributed by atoms with Gasteiger partial charge < -0.3 is 4.90 Å². The Morgan fingerprint density at radius 3 is 2.26 bits per heavy atom. The maximum Gasteiger partial charge on any atom is 0.171 e. The van der Waals surface area contributed by atoms with E-state index >= 15 is 0 Å². The summed E-state index contributed by atoms with van der Waals surface area (Å²) in [5, 5.41) is 0.661. The molecule has 1 fully saturated rings. The number of benzene rings is 2. The fourth-order valence-electron chi connectivity index (χ4n) is 3.24. The van der Waals surface area contributed by atoms with Gasteiger partial charge in [-0.05, 0) is 55.8 Å². The van der Waals surface area contributed by atoms with Gasteiger partial charge >= 0.3 is 0 Å². The second-order valence-corrected chi connectivity index (χ2v) is 6.63. The second-order valence-electron chi connectivity index (χ2n) is 6.20. The third-order valence-corrected chi connectivity index (χ3v) is 4.79. The monoisotopic (exact) mass is 327 g/mol. The van der Waals surface area contributed by atoms with Crippen molar-refractivity contribution in [2.24, 2.45) is 0 Å². The van der Waals surface area contributed by atoms with E-state index in [0.29, 0.717) is 5.02 Å². The molecule has 0 amide bonds. The van der Waals surface area contributed by atoms with Crippen molar-refractivity contribution >= 4 is 17.4 Å². The van der Waals surface area contributed by atoms with Crippen molar-refractivity contribution in [2.45, 2.75) is 25.2 Å². The fourth-order valence-corrected chi connectivity index (χ4v) is 3.37. The molecule has 2 nitrogen and oxygen atoms in total. The zero-order valence-corrected chi connectivity index (χ0v) is 14.0. The van der Waals surface area contributed by atoms with Crippen molar-refractivity contribution in [3.63, 3.8) is 0 Å². The van der Waals surface area contributed by atoms with Gasteiger partial charge in [-0.25, -0.2) is 0 Å². The van der Waals surface area contributed by atoms with Crippen LogP contribution in [0.5, 0.6) is 0 Å². The first-order valence-corrected chi connectivity index (χ1v) is 8.69. The van der Waals surface area contributed by atoms with Crippen LogP contribution in [-0.2, 0) is 0 Å². The molecular weight excluding hydrogens is 306 g/mol. The minimum Gasteiger partial charge on any atom is -0.302 e. The highest BCUT2D eigenvalue weighted by atomic mass is 35.5. The lowest BCUT2D eigenvalue weighted by molar-refractivity contribution is 0.0925. The third kappa shape index (κ3) is 4.21. The Kier molecular flexibility index (Phi) is 5.47. The van der Waals surface area contributed by atoms with E-state index in [9.17, 15) is 4.79 Å². The molecule has 0 aliphatic carbocycles. The van der Waals surface area contributed by atoms with E-state index in [-0.39, 0.29) is 11.7 Å². The van der Waals surface area contributed by atoms with E-state index in [1.165, 1.54) is 19.3 Å². The molecule has 1 heterocycles. The molecule has 0 bridgehead atoms. The van der Waals surface area contributed by atoms with Gasteiger partial charge in [0.15, 0.2) is 5.78 Å². The van der Waals surface area contributed by atoms with Crippen LogP contribution in [0.3, 0.4) is 0 Å². The first-order chi connectivity index (χ1) is 11.2. The summed E-state index contributed by atoms with van der Waals surface area (Å²) in [5.74, 6) is 0.0638. The number of nitrogens with zero attached hydrogens (tertiary/aromatic N) is 1. The minimum absolute atomic E-state index is 0.115. The predicted molar refractivity (Wildman–Crippen MR) is 95.3 cm³/mol. The lowest BCUT2D eigenvalue weighted by Crippen LogP contribution is -2.35. The van der Waals surface area contributed by atoms with E-state index in [0.717, 1.165) is 30.8 Å². The van der Waals surface area contributed by atoms with Crippen molar-refractivity contribution in [3.8, 4) is 0 Å². The molecule has 1 unspecified atom stereocenters. The quantitative estimate of drug-likeness (QED) is 0.736. The molecule has 0 aromatic heterocycles. The molecule has 2 aromatic rings. The SMILES string of the molecule is O=C(c1ccc(Cl)cc1)C(CN1CCCCC1)c1ccccc1. The summed E-state index contributed by atoms with van der Waals surface area (Å²) in [5.41, 5.74) is 1.83. The topological polar surface area (TPSA) is 20.3 Å². The molecule has 1 aliphatic heterocycles. The highest BCUT2D eigenvalue weighted by Crippen LogP contribution is 2.24. The van der Waals surface area contributed by atoms with Crippen LogP contribution in [0.15, 0.2) is 54.6 Å². The molecule has 120 valence electrons. The minimum atomic E-state index is -0.115. The van der Waals surface area contributed by atoms with Gasteiger partial charge in [-0.3, -0.25) is 4.79 Å². The van der Waals surface area contributed by atoms with E-state index in [2.05, 4.69) is 17.0 Å². The standard InChI is InChI=1S/C20H22ClNO/c21-18-11-9-17(10-12-18)20(23)19(16-7-3-1-4-8-16)15-22-13-5-2-6-14-22/h1,3-4,7-12,19H,2,5-6,13-15H2. The number of hydrogen-bond donors (Lipinski definition) is 0. The summed E-state index contributed by atoms with van der Waals surface area (Å²) in [6, 6.07) is 17.4. The number of rotatable bonds is 5. The lowest BCUT2D eigenvalue weighted by Gasteiger charge is -2.30. The molecule has 0 radical (unpaired) electrons. The fraction of sp³-hybridized carbons (Fsp3) is 0.350. The van der Waals surface area contributed by atoms with Gasteiger partial charge in [-0.1, -0.05) is 48.4 Å². The van der Waals surface area contributed by atoms with Crippen molar-refractivity contribution in [1.29, 1.82) is 0 Å². The van der Waals surface area contributed by atoms with E-state index in [1.54, 1.807) is 12.1 Å².